The number of ketones is 1. The third kappa shape index (κ3) is 3.62. The van der Waals surface area contributed by atoms with Crippen LogP contribution in [0.2, 0.25) is 0 Å². The van der Waals surface area contributed by atoms with Crippen LogP contribution < -0.4 is 5.32 Å². The van der Waals surface area contributed by atoms with E-state index in [1.807, 2.05) is 0 Å². The summed E-state index contributed by atoms with van der Waals surface area (Å²) < 4.78 is 9.83. The van der Waals surface area contributed by atoms with Crippen LogP contribution in [0.5, 0.6) is 0 Å². The summed E-state index contributed by atoms with van der Waals surface area (Å²) in [7, 11) is 1.13. The quantitative estimate of drug-likeness (QED) is 0.542. The first-order valence-electron chi connectivity index (χ1n) is 7.54. The van der Waals surface area contributed by atoms with Gasteiger partial charge in [0.1, 0.15) is 5.60 Å². The van der Waals surface area contributed by atoms with E-state index < -0.39 is 41.2 Å². The second-order valence-corrected chi connectivity index (χ2v) is 6.80. The number of hydrogen-bond acceptors (Lipinski definition) is 6. The molecule has 2 heterocycles. The highest BCUT2D eigenvalue weighted by Crippen LogP contribution is 2.27. The van der Waals surface area contributed by atoms with E-state index >= 15 is 0 Å². The van der Waals surface area contributed by atoms with Gasteiger partial charge in [-0.05, 0) is 27.2 Å². The molecular weight excluding hydrogens is 304 g/mol. The summed E-state index contributed by atoms with van der Waals surface area (Å²) in [6, 6.07) is -0.366. The molecule has 2 aliphatic heterocycles. The van der Waals surface area contributed by atoms with E-state index in [1.54, 1.807) is 20.8 Å². The van der Waals surface area contributed by atoms with Gasteiger partial charge in [-0.1, -0.05) is 0 Å². The monoisotopic (exact) mass is 326 g/mol. The fourth-order valence-electron chi connectivity index (χ4n) is 2.86. The number of carbonyl (C=O) groups is 4. The van der Waals surface area contributed by atoms with Crippen molar-refractivity contribution in [3.63, 3.8) is 0 Å². The molecule has 3 atom stereocenters. The molecule has 2 fully saturated rings. The number of carbonyl (C=O) groups excluding carboxylic acids is 4. The first-order chi connectivity index (χ1) is 10.6. The molecule has 3 unspecified atom stereocenters. The summed E-state index contributed by atoms with van der Waals surface area (Å²) in [6.07, 6.45) is -0.0646. The number of nitrogens with one attached hydrogen (secondary N) is 1. The van der Waals surface area contributed by atoms with Gasteiger partial charge >= 0.3 is 12.1 Å². The molecule has 0 aromatic rings. The molecule has 8 heteroatoms. The lowest BCUT2D eigenvalue weighted by Crippen LogP contribution is -2.63. The topological polar surface area (TPSA) is 102 Å². The maximum atomic E-state index is 12.5. The van der Waals surface area contributed by atoms with E-state index in [0.29, 0.717) is 13.0 Å². The molecular formula is C15H22N2O6. The van der Waals surface area contributed by atoms with Gasteiger partial charge in [-0.3, -0.25) is 14.4 Å². The van der Waals surface area contributed by atoms with Crippen LogP contribution in [0.25, 0.3) is 0 Å². The number of nitrogens with zero attached hydrogens (tertiary/aromatic N) is 1. The molecule has 0 aromatic carbocycles. The van der Waals surface area contributed by atoms with Crippen LogP contribution in [0, 0.1) is 11.8 Å². The minimum Gasteiger partial charge on any atom is -0.468 e. The Morgan fingerprint density at radius 1 is 1.26 bits per heavy atom. The van der Waals surface area contributed by atoms with Crippen molar-refractivity contribution in [3.05, 3.63) is 0 Å². The molecule has 0 aliphatic carbocycles. The molecule has 2 aliphatic rings. The number of hydrogen-bond donors (Lipinski definition) is 1. The summed E-state index contributed by atoms with van der Waals surface area (Å²) in [5, 5.41) is 2.68. The third-order valence-electron chi connectivity index (χ3n) is 3.94. The molecule has 0 bridgehead atoms. The first kappa shape index (κ1) is 17.2. The highest BCUT2D eigenvalue weighted by atomic mass is 16.6. The van der Waals surface area contributed by atoms with Crippen LogP contribution in [0.15, 0.2) is 0 Å². The molecule has 0 aromatic heterocycles. The van der Waals surface area contributed by atoms with Crippen molar-refractivity contribution in [2.24, 2.45) is 11.8 Å². The number of methoxy groups -OCH3 is 1. The van der Waals surface area contributed by atoms with E-state index in [-0.39, 0.29) is 12.6 Å². The number of amides is 2. The lowest BCUT2D eigenvalue weighted by molar-refractivity contribution is -0.158. The Morgan fingerprint density at radius 2 is 1.91 bits per heavy atom. The Hall–Kier alpha value is -2.12. The van der Waals surface area contributed by atoms with E-state index in [9.17, 15) is 19.2 Å². The maximum Gasteiger partial charge on any atom is 0.410 e. The van der Waals surface area contributed by atoms with Crippen molar-refractivity contribution in [1.29, 1.82) is 0 Å². The van der Waals surface area contributed by atoms with Crippen LogP contribution in [0.4, 0.5) is 4.79 Å². The Morgan fingerprint density at radius 3 is 2.48 bits per heavy atom. The molecule has 0 saturated carbocycles. The zero-order chi connectivity index (χ0) is 17.4. The summed E-state index contributed by atoms with van der Waals surface area (Å²) >= 11 is 0. The average Bonchev–Trinajstić information content (AvgIpc) is 2.44. The predicted octanol–water partition coefficient (Wildman–Crippen LogP) is 0.100. The molecule has 2 rings (SSSR count). The van der Waals surface area contributed by atoms with Crippen molar-refractivity contribution in [1.82, 2.24) is 10.2 Å². The van der Waals surface area contributed by atoms with Gasteiger partial charge in [0.05, 0.1) is 13.0 Å². The van der Waals surface area contributed by atoms with E-state index in [4.69, 9.17) is 4.74 Å². The van der Waals surface area contributed by atoms with Crippen molar-refractivity contribution < 1.29 is 28.7 Å². The standard InChI is InChI=1S/C15H22N2O6/c1-15(2,3)23-14(21)17-6-5-9-8(7-17)11(18)10(12(19)16-9)13(20)22-4/h8-10H,5-7H2,1-4H3,(H,16,19). The smallest absolute Gasteiger partial charge is 0.410 e. The number of esters is 1. The number of ether oxygens (including phenoxy) is 2. The van der Waals surface area contributed by atoms with Crippen molar-refractivity contribution >= 4 is 23.8 Å². The van der Waals surface area contributed by atoms with Gasteiger partial charge in [-0.15, -0.1) is 0 Å². The van der Waals surface area contributed by atoms with Gasteiger partial charge < -0.3 is 19.7 Å². The lowest BCUT2D eigenvalue weighted by atomic mass is 9.79. The highest BCUT2D eigenvalue weighted by molar-refractivity contribution is 6.19. The molecule has 8 nitrogen and oxygen atoms in total. The van der Waals surface area contributed by atoms with Gasteiger partial charge in [-0.2, -0.15) is 0 Å². The van der Waals surface area contributed by atoms with E-state index in [1.165, 1.54) is 4.90 Å². The summed E-state index contributed by atoms with van der Waals surface area (Å²) in [5.41, 5.74) is -0.632. The highest BCUT2D eigenvalue weighted by Gasteiger charge is 2.49. The SMILES string of the molecule is COC(=O)C1C(=O)NC2CCN(C(=O)OC(C)(C)C)CC2C1=O. The van der Waals surface area contributed by atoms with E-state index in [0.717, 1.165) is 7.11 Å². The number of Topliss-reactive ketones (excluding diaryl/α,β-unsaturated/α-hetero) is 1. The molecule has 0 radical (unpaired) electrons. The molecule has 128 valence electrons. The predicted molar refractivity (Wildman–Crippen MR) is 78.4 cm³/mol. The van der Waals surface area contributed by atoms with Gasteiger partial charge in [0.15, 0.2) is 11.7 Å². The number of rotatable bonds is 1. The fraction of sp³-hybridized carbons (Fsp3) is 0.733. The first-order valence-corrected chi connectivity index (χ1v) is 7.54. The second-order valence-electron chi connectivity index (χ2n) is 6.80. The van der Waals surface area contributed by atoms with Gasteiger partial charge in [0.25, 0.3) is 0 Å². The van der Waals surface area contributed by atoms with Gasteiger partial charge in [0, 0.05) is 19.1 Å². The Labute approximate surface area is 134 Å². The van der Waals surface area contributed by atoms with Crippen LogP contribution in [0.1, 0.15) is 27.2 Å². The van der Waals surface area contributed by atoms with Gasteiger partial charge in [0.2, 0.25) is 5.91 Å². The van der Waals surface area contributed by atoms with Crippen molar-refractivity contribution in [3.8, 4) is 0 Å². The van der Waals surface area contributed by atoms with Crippen LogP contribution in [-0.4, -0.2) is 60.5 Å². The molecule has 0 spiro atoms. The second kappa shape index (κ2) is 6.17. The largest absolute Gasteiger partial charge is 0.468 e. The summed E-state index contributed by atoms with van der Waals surface area (Å²) in [5.74, 6) is -4.09. The maximum absolute atomic E-state index is 12.5. The summed E-state index contributed by atoms with van der Waals surface area (Å²) in [6.45, 7) is 5.78. The van der Waals surface area contributed by atoms with Gasteiger partial charge in [-0.25, -0.2) is 4.79 Å². The zero-order valence-corrected chi connectivity index (χ0v) is 13.8. The minimum atomic E-state index is -1.46. The Kier molecular flexibility index (Phi) is 4.63. The Bertz CT molecular complexity index is 539. The van der Waals surface area contributed by atoms with E-state index in [2.05, 4.69) is 10.1 Å². The normalized spacial score (nSPS) is 27.8. The van der Waals surface area contributed by atoms with Crippen molar-refractivity contribution in [2.45, 2.75) is 38.8 Å². The fourth-order valence-corrected chi connectivity index (χ4v) is 2.86. The third-order valence-corrected chi connectivity index (χ3v) is 3.94. The molecule has 23 heavy (non-hydrogen) atoms. The molecule has 2 amide bonds. The lowest BCUT2D eigenvalue weighted by Gasteiger charge is -2.42. The van der Waals surface area contributed by atoms with Crippen LogP contribution in [0.3, 0.4) is 0 Å². The van der Waals surface area contributed by atoms with Crippen molar-refractivity contribution in [2.75, 3.05) is 20.2 Å². The number of fused-ring (bicyclic) bond motifs is 1. The molecule has 2 saturated heterocycles. The average molecular weight is 326 g/mol. The molecule has 1 N–H and O–H groups in total. The van der Waals surface area contributed by atoms with Crippen LogP contribution in [-0.2, 0) is 23.9 Å². The number of likely N-dealkylation sites (tertiary alicyclic amines) is 1. The summed E-state index contributed by atoms with van der Waals surface area (Å²) in [4.78, 5) is 49.6. The zero-order valence-electron chi connectivity index (χ0n) is 13.8. The minimum absolute atomic E-state index is 0.117. The van der Waals surface area contributed by atoms with Crippen LogP contribution >= 0.6 is 0 Å². The number of piperidine rings is 2. The Balaban J connectivity index is 2.11.